The van der Waals surface area contributed by atoms with Gasteiger partial charge in [-0.05, 0) is 34.5 Å². The first-order chi connectivity index (χ1) is 11.3. The fourth-order valence-electron chi connectivity index (χ4n) is 2.15. The number of nitrogens with zero attached hydrogens (tertiary/aromatic N) is 2. The van der Waals surface area contributed by atoms with E-state index in [-0.39, 0.29) is 5.91 Å². The first kappa shape index (κ1) is 15.8. The van der Waals surface area contributed by atoms with Crippen LogP contribution in [0.5, 0.6) is 0 Å². The van der Waals surface area contributed by atoms with Gasteiger partial charge in [0.1, 0.15) is 5.69 Å². The van der Waals surface area contributed by atoms with Crippen molar-refractivity contribution >= 4 is 29.0 Å². The number of carbonyl (C=O) groups is 1. The summed E-state index contributed by atoms with van der Waals surface area (Å²) in [5.41, 5.74) is 2.83. The number of thioether (sulfide) groups is 1. The molecule has 0 bridgehead atoms. The molecule has 1 N–H and O–H groups in total. The minimum atomic E-state index is -0.0949. The van der Waals surface area contributed by atoms with Crippen molar-refractivity contribution in [3.05, 3.63) is 70.9 Å². The molecule has 2 aromatic heterocycles. The topological polar surface area (TPSA) is 46.9 Å². The van der Waals surface area contributed by atoms with E-state index in [1.165, 1.54) is 5.56 Å². The van der Waals surface area contributed by atoms with Gasteiger partial charge < -0.3 is 5.32 Å². The van der Waals surface area contributed by atoms with Gasteiger partial charge in [0, 0.05) is 23.7 Å². The van der Waals surface area contributed by atoms with Crippen LogP contribution in [0.25, 0.3) is 5.69 Å². The minimum Gasteiger partial charge on any atom is -0.350 e. The molecule has 0 saturated heterocycles. The molecule has 4 nitrogen and oxygen atoms in total. The molecule has 3 aromatic rings. The van der Waals surface area contributed by atoms with E-state index in [0.717, 1.165) is 17.2 Å². The van der Waals surface area contributed by atoms with Crippen molar-refractivity contribution in [1.29, 1.82) is 0 Å². The molecule has 0 saturated carbocycles. The van der Waals surface area contributed by atoms with Crippen LogP contribution in [0.3, 0.4) is 0 Å². The molecule has 3 rings (SSSR count). The van der Waals surface area contributed by atoms with Crippen LogP contribution >= 0.6 is 23.1 Å². The molecule has 23 heavy (non-hydrogen) atoms. The summed E-state index contributed by atoms with van der Waals surface area (Å²) in [6.07, 6.45) is 3.26. The van der Waals surface area contributed by atoms with Gasteiger partial charge in [-0.25, -0.2) is 4.98 Å². The quantitative estimate of drug-likeness (QED) is 0.667. The zero-order valence-electron chi connectivity index (χ0n) is 12.5. The molecule has 0 spiro atoms. The van der Waals surface area contributed by atoms with Gasteiger partial charge in [-0.2, -0.15) is 23.1 Å². The van der Waals surface area contributed by atoms with Crippen LogP contribution in [0.15, 0.2) is 59.7 Å². The second-order valence-corrected chi connectivity index (χ2v) is 6.81. The summed E-state index contributed by atoms with van der Waals surface area (Å²) in [6, 6.07) is 11.9. The maximum atomic E-state index is 12.3. The number of rotatable bonds is 7. The molecule has 118 valence electrons. The first-order valence-corrected chi connectivity index (χ1v) is 9.39. The van der Waals surface area contributed by atoms with E-state index < -0.39 is 0 Å². The summed E-state index contributed by atoms with van der Waals surface area (Å²) in [5, 5.41) is 7.20. The Morgan fingerprint density at radius 3 is 2.91 bits per heavy atom. The van der Waals surface area contributed by atoms with E-state index in [1.807, 2.05) is 42.1 Å². The molecule has 0 aliphatic rings. The van der Waals surface area contributed by atoms with Crippen LogP contribution in [0.2, 0.25) is 0 Å². The van der Waals surface area contributed by atoms with Gasteiger partial charge in [-0.15, -0.1) is 0 Å². The fraction of sp³-hybridized carbons (Fsp3) is 0.176. The molecular formula is C17H17N3OS2. The third-order valence-corrected chi connectivity index (χ3v) is 5.05. The monoisotopic (exact) mass is 343 g/mol. The normalized spacial score (nSPS) is 10.6. The van der Waals surface area contributed by atoms with Crippen LogP contribution in [-0.2, 0) is 5.75 Å². The summed E-state index contributed by atoms with van der Waals surface area (Å²) in [5.74, 6) is 1.78. The average Bonchev–Trinajstić information content (AvgIpc) is 3.27. The number of para-hydroxylation sites is 1. The van der Waals surface area contributed by atoms with E-state index in [0.29, 0.717) is 12.2 Å². The Kier molecular flexibility index (Phi) is 5.50. The molecule has 1 amide bonds. The SMILES string of the molecule is O=C(NCCSCc1ccsc1)c1cncn1-c1ccccc1. The van der Waals surface area contributed by atoms with Crippen molar-refractivity contribution in [2.45, 2.75) is 5.75 Å². The van der Waals surface area contributed by atoms with E-state index >= 15 is 0 Å². The van der Waals surface area contributed by atoms with E-state index in [1.54, 1.807) is 28.4 Å². The van der Waals surface area contributed by atoms with E-state index in [2.05, 4.69) is 27.1 Å². The highest BCUT2D eigenvalue weighted by atomic mass is 32.2. The number of aromatic nitrogens is 2. The largest absolute Gasteiger partial charge is 0.350 e. The lowest BCUT2D eigenvalue weighted by Gasteiger charge is -2.08. The van der Waals surface area contributed by atoms with E-state index in [4.69, 9.17) is 0 Å². The van der Waals surface area contributed by atoms with Crippen LogP contribution < -0.4 is 5.32 Å². The van der Waals surface area contributed by atoms with Crippen molar-refractivity contribution in [2.75, 3.05) is 12.3 Å². The lowest BCUT2D eigenvalue weighted by atomic mass is 10.3. The number of hydrogen-bond acceptors (Lipinski definition) is 4. The van der Waals surface area contributed by atoms with Crippen molar-refractivity contribution in [3.8, 4) is 5.69 Å². The maximum Gasteiger partial charge on any atom is 0.269 e. The Morgan fingerprint density at radius 2 is 2.13 bits per heavy atom. The molecule has 6 heteroatoms. The summed E-state index contributed by atoms with van der Waals surface area (Å²) in [6.45, 7) is 0.646. The molecular weight excluding hydrogens is 326 g/mol. The van der Waals surface area contributed by atoms with Gasteiger partial charge in [-0.1, -0.05) is 18.2 Å². The fourth-order valence-corrected chi connectivity index (χ4v) is 3.73. The predicted octanol–water partition coefficient (Wildman–Crippen LogP) is 3.60. The highest BCUT2D eigenvalue weighted by Crippen LogP contribution is 2.14. The Balaban J connectivity index is 1.50. The zero-order chi connectivity index (χ0) is 15.9. The summed E-state index contributed by atoms with van der Waals surface area (Å²) in [4.78, 5) is 16.4. The van der Waals surface area contributed by atoms with Gasteiger partial charge in [0.15, 0.2) is 0 Å². The van der Waals surface area contributed by atoms with Gasteiger partial charge in [0.2, 0.25) is 0 Å². The van der Waals surface area contributed by atoms with Crippen LogP contribution in [0, 0.1) is 0 Å². The predicted molar refractivity (Wildman–Crippen MR) is 96.4 cm³/mol. The molecule has 0 unspecified atom stereocenters. The number of amides is 1. The van der Waals surface area contributed by atoms with Crippen molar-refractivity contribution in [1.82, 2.24) is 14.9 Å². The van der Waals surface area contributed by atoms with Gasteiger partial charge in [0.25, 0.3) is 5.91 Å². The molecule has 0 radical (unpaired) electrons. The maximum absolute atomic E-state index is 12.3. The van der Waals surface area contributed by atoms with Crippen LogP contribution in [0.1, 0.15) is 16.1 Å². The van der Waals surface area contributed by atoms with Gasteiger partial charge in [-0.3, -0.25) is 9.36 Å². The molecule has 0 atom stereocenters. The van der Waals surface area contributed by atoms with Crippen molar-refractivity contribution < 1.29 is 4.79 Å². The van der Waals surface area contributed by atoms with Crippen LogP contribution in [-0.4, -0.2) is 27.8 Å². The van der Waals surface area contributed by atoms with Gasteiger partial charge in [0.05, 0.1) is 12.5 Å². The molecule has 0 aliphatic carbocycles. The molecule has 0 aliphatic heterocycles. The second kappa shape index (κ2) is 7.99. The number of thiophene rings is 1. The molecule has 0 fully saturated rings. The Hall–Kier alpha value is -2.05. The Bertz CT molecular complexity index is 738. The number of benzene rings is 1. The zero-order valence-corrected chi connectivity index (χ0v) is 14.1. The van der Waals surface area contributed by atoms with Crippen LogP contribution in [0.4, 0.5) is 0 Å². The third kappa shape index (κ3) is 4.24. The van der Waals surface area contributed by atoms with E-state index in [9.17, 15) is 4.79 Å². The first-order valence-electron chi connectivity index (χ1n) is 7.29. The summed E-state index contributed by atoms with van der Waals surface area (Å²) < 4.78 is 1.80. The summed E-state index contributed by atoms with van der Waals surface area (Å²) in [7, 11) is 0. The highest BCUT2D eigenvalue weighted by Gasteiger charge is 2.12. The lowest BCUT2D eigenvalue weighted by molar-refractivity contribution is 0.0949. The Labute approximate surface area is 143 Å². The number of imidazole rings is 1. The van der Waals surface area contributed by atoms with Gasteiger partial charge >= 0.3 is 0 Å². The second-order valence-electron chi connectivity index (χ2n) is 4.92. The number of hydrogen-bond donors (Lipinski definition) is 1. The molecule has 1 aromatic carbocycles. The number of carbonyl (C=O) groups excluding carboxylic acids is 1. The lowest BCUT2D eigenvalue weighted by Crippen LogP contribution is -2.27. The summed E-state index contributed by atoms with van der Waals surface area (Å²) >= 11 is 3.53. The molecule has 2 heterocycles. The van der Waals surface area contributed by atoms with Crippen molar-refractivity contribution in [3.63, 3.8) is 0 Å². The minimum absolute atomic E-state index is 0.0949. The highest BCUT2D eigenvalue weighted by molar-refractivity contribution is 7.98. The average molecular weight is 343 g/mol. The smallest absolute Gasteiger partial charge is 0.269 e. The van der Waals surface area contributed by atoms with Crippen molar-refractivity contribution in [2.24, 2.45) is 0 Å². The third-order valence-electron chi connectivity index (χ3n) is 3.29. The standard InChI is InChI=1S/C17H17N3OS2/c21-17(19-7-9-23-12-14-6-8-22-11-14)16-10-18-13-20(16)15-4-2-1-3-5-15/h1-6,8,10-11,13H,7,9,12H2,(H,19,21). The number of nitrogens with one attached hydrogen (secondary N) is 1. The Morgan fingerprint density at radius 1 is 1.26 bits per heavy atom.